The van der Waals surface area contributed by atoms with Crippen LogP contribution >= 0.6 is 11.6 Å². The van der Waals surface area contributed by atoms with Gasteiger partial charge in [-0.15, -0.1) is 0 Å². The standard InChI is InChI=1S/C21H26ClN3O2/c1-25(2,15-27-20-5-3-4-6-20)14-16-13-19(11-12-21(16)26)24-23-18-9-7-17(22)8-10-18/h7-13,20H,3-6,14-15H2,1-2H3/p+1. The summed E-state index contributed by atoms with van der Waals surface area (Å²) < 4.78 is 6.70. The molecule has 1 aliphatic carbocycles. The molecule has 0 aliphatic heterocycles. The van der Waals surface area contributed by atoms with Crippen LogP contribution in [0.3, 0.4) is 0 Å². The van der Waals surface area contributed by atoms with Gasteiger partial charge in [0, 0.05) is 5.02 Å². The van der Waals surface area contributed by atoms with Crippen LogP contribution in [0.5, 0.6) is 5.75 Å². The molecular formula is C21H27ClN3O2+. The van der Waals surface area contributed by atoms with Crippen molar-refractivity contribution in [1.29, 1.82) is 0 Å². The van der Waals surface area contributed by atoms with Crippen molar-refractivity contribution >= 4 is 23.0 Å². The summed E-state index contributed by atoms with van der Waals surface area (Å²) in [6, 6.07) is 12.5. The Hall–Kier alpha value is -1.95. The lowest BCUT2D eigenvalue weighted by Gasteiger charge is -2.30. The molecule has 144 valence electrons. The van der Waals surface area contributed by atoms with Crippen LogP contribution < -0.4 is 0 Å². The van der Waals surface area contributed by atoms with Crippen molar-refractivity contribution in [3.8, 4) is 5.75 Å². The molecule has 1 saturated carbocycles. The molecule has 0 atom stereocenters. The van der Waals surface area contributed by atoms with E-state index in [1.54, 1.807) is 24.3 Å². The highest BCUT2D eigenvalue weighted by atomic mass is 35.5. The molecule has 1 fully saturated rings. The molecule has 0 amide bonds. The summed E-state index contributed by atoms with van der Waals surface area (Å²) in [5, 5.41) is 19.4. The topological polar surface area (TPSA) is 54.2 Å². The molecule has 2 aromatic carbocycles. The number of rotatable bonds is 7. The first kappa shape index (κ1) is 19.8. The predicted octanol–water partition coefficient (Wildman–Crippen LogP) is 5.95. The number of phenolic OH excluding ortho intramolecular Hbond substituents is 1. The Bertz CT molecular complexity index is 785. The molecule has 0 heterocycles. The fourth-order valence-electron chi connectivity index (χ4n) is 3.25. The number of nitrogens with zero attached hydrogens (tertiary/aromatic N) is 3. The van der Waals surface area contributed by atoms with E-state index in [0.717, 1.165) is 24.1 Å². The van der Waals surface area contributed by atoms with Gasteiger partial charge in [0.15, 0.2) is 6.73 Å². The first-order valence-corrected chi connectivity index (χ1v) is 9.72. The molecule has 0 saturated heterocycles. The smallest absolute Gasteiger partial charge is 0.183 e. The predicted molar refractivity (Wildman–Crippen MR) is 108 cm³/mol. The van der Waals surface area contributed by atoms with E-state index in [1.165, 1.54) is 12.8 Å². The summed E-state index contributed by atoms with van der Waals surface area (Å²) in [4.78, 5) is 0. The Morgan fingerprint density at radius 1 is 1.04 bits per heavy atom. The number of phenols is 1. The van der Waals surface area contributed by atoms with Crippen LogP contribution in [-0.2, 0) is 11.3 Å². The van der Waals surface area contributed by atoms with E-state index in [9.17, 15) is 5.11 Å². The van der Waals surface area contributed by atoms with Gasteiger partial charge in [0.25, 0.3) is 0 Å². The first-order valence-electron chi connectivity index (χ1n) is 9.34. The second-order valence-electron chi connectivity index (χ2n) is 7.79. The van der Waals surface area contributed by atoms with E-state index < -0.39 is 0 Å². The van der Waals surface area contributed by atoms with Gasteiger partial charge in [-0.25, -0.2) is 0 Å². The number of ether oxygens (including phenoxy) is 1. The van der Waals surface area contributed by atoms with Gasteiger partial charge in [0.2, 0.25) is 0 Å². The van der Waals surface area contributed by atoms with E-state index >= 15 is 0 Å². The number of hydrogen-bond acceptors (Lipinski definition) is 4. The van der Waals surface area contributed by atoms with Crippen molar-refractivity contribution in [3.05, 3.63) is 53.1 Å². The summed E-state index contributed by atoms with van der Waals surface area (Å²) in [6.07, 6.45) is 5.23. The zero-order valence-corrected chi connectivity index (χ0v) is 16.7. The van der Waals surface area contributed by atoms with Crippen molar-refractivity contribution in [1.82, 2.24) is 0 Å². The van der Waals surface area contributed by atoms with Crippen molar-refractivity contribution in [2.45, 2.75) is 38.3 Å². The third kappa shape index (κ3) is 6.03. The van der Waals surface area contributed by atoms with E-state index in [0.29, 0.717) is 34.6 Å². The zero-order valence-electron chi connectivity index (χ0n) is 15.9. The summed E-state index contributed by atoms with van der Waals surface area (Å²) >= 11 is 5.88. The molecule has 0 aromatic heterocycles. The average molecular weight is 389 g/mol. The lowest BCUT2D eigenvalue weighted by atomic mass is 10.1. The molecule has 5 nitrogen and oxygen atoms in total. The third-order valence-corrected chi connectivity index (χ3v) is 4.98. The third-order valence-electron chi connectivity index (χ3n) is 4.73. The van der Waals surface area contributed by atoms with Gasteiger partial charge in [-0.1, -0.05) is 24.4 Å². The fraction of sp³-hybridized carbons (Fsp3) is 0.429. The second-order valence-corrected chi connectivity index (χ2v) is 8.22. The molecule has 0 unspecified atom stereocenters. The Labute approximate surface area is 165 Å². The van der Waals surface area contributed by atoms with Gasteiger partial charge in [0.05, 0.1) is 37.1 Å². The SMILES string of the molecule is C[N+](C)(COC1CCCC1)Cc1cc(N=Nc2ccc(Cl)cc2)ccc1O. The maximum Gasteiger partial charge on any atom is 0.183 e. The van der Waals surface area contributed by atoms with E-state index in [2.05, 4.69) is 24.3 Å². The molecular weight excluding hydrogens is 362 g/mol. The normalized spacial score (nSPS) is 15.7. The average Bonchev–Trinajstić information content (AvgIpc) is 3.16. The number of azo groups is 1. The van der Waals surface area contributed by atoms with Crippen LogP contribution in [-0.4, -0.2) is 36.5 Å². The minimum atomic E-state index is 0.271. The van der Waals surface area contributed by atoms with Gasteiger partial charge in [0.1, 0.15) is 12.3 Å². The summed E-state index contributed by atoms with van der Waals surface area (Å²) in [7, 11) is 4.21. The monoisotopic (exact) mass is 388 g/mol. The summed E-state index contributed by atoms with van der Waals surface area (Å²) in [5.74, 6) is 0.271. The Morgan fingerprint density at radius 2 is 1.67 bits per heavy atom. The van der Waals surface area contributed by atoms with Gasteiger partial charge >= 0.3 is 0 Å². The van der Waals surface area contributed by atoms with Crippen LogP contribution in [0.25, 0.3) is 0 Å². The highest BCUT2D eigenvalue weighted by Crippen LogP contribution is 2.28. The van der Waals surface area contributed by atoms with Crippen molar-refractivity contribution in [2.75, 3.05) is 20.8 Å². The molecule has 2 aromatic rings. The van der Waals surface area contributed by atoms with Crippen LogP contribution in [0.2, 0.25) is 5.02 Å². The van der Waals surface area contributed by atoms with E-state index in [-0.39, 0.29) is 5.75 Å². The maximum absolute atomic E-state index is 10.3. The second kappa shape index (κ2) is 8.83. The fourth-order valence-corrected chi connectivity index (χ4v) is 3.38. The first-order chi connectivity index (χ1) is 12.9. The van der Waals surface area contributed by atoms with Crippen molar-refractivity contribution in [3.63, 3.8) is 0 Å². The summed E-state index contributed by atoms with van der Waals surface area (Å²) in [5.41, 5.74) is 2.27. The lowest BCUT2D eigenvalue weighted by molar-refractivity contribution is -0.923. The highest BCUT2D eigenvalue weighted by molar-refractivity contribution is 6.30. The molecule has 1 N–H and O–H groups in total. The van der Waals surface area contributed by atoms with Crippen molar-refractivity contribution < 1.29 is 14.3 Å². The van der Waals surface area contributed by atoms with Crippen LogP contribution in [0.1, 0.15) is 31.2 Å². The van der Waals surface area contributed by atoms with E-state index in [1.807, 2.05) is 18.2 Å². The Morgan fingerprint density at radius 3 is 2.37 bits per heavy atom. The van der Waals surface area contributed by atoms with Crippen LogP contribution in [0, 0.1) is 0 Å². The van der Waals surface area contributed by atoms with Gasteiger partial charge in [-0.2, -0.15) is 10.2 Å². The number of aromatic hydroxyl groups is 1. The molecule has 1 aliphatic rings. The highest BCUT2D eigenvalue weighted by Gasteiger charge is 2.23. The van der Waals surface area contributed by atoms with Gasteiger partial charge in [-0.05, 0) is 55.3 Å². The number of hydrogen-bond donors (Lipinski definition) is 1. The number of halogens is 1. The van der Waals surface area contributed by atoms with Crippen LogP contribution in [0.4, 0.5) is 11.4 Å². The largest absolute Gasteiger partial charge is 0.507 e. The summed E-state index contributed by atoms with van der Waals surface area (Å²) in [6.45, 7) is 1.28. The van der Waals surface area contributed by atoms with Crippen LogP contribution in [0.15, 0.2) is 52.7 Å². The molecule has 0 spiro atoms. The van der Waals surface area contributed by atoms with Crippen molar-refractivity contribution in [2.24, 2.45) is 10.2 Å². The van der Waals surface area contributed by atoms with Gasteiger partial charge < -0.3 is 14.3 Å². The lowest BCUT2D eigenvalue weighted by Crippen LogP contribution is -2.41. The Kier molecular flexibility index (Phi) is 6.47. The van der Waals surface area contributed by atoms with E-state index in [4.69, 9.17) is 16.3 Å². The zero-order chi connectivity index (χ0) is 19.3. The Balaban J connectivity index is 1.65. The number of quaternary nitrogens is 1. The molecule has 3 rings (SSSR count). The quantitative estimate of drug-likeness (QED) is 0.361. The minimum absolute atomic E-state index is 0.271. The number of benzene rings is 2. The van der Waals surface area contributed by atoms with Gasteiger partial charge in [-0.3, -0.25) is 0 Å². The molecule has 0 bridgehead atoms. The molecule has 6 heteroatoms. The maximum atomic E-state index is 10.3. The molecule has 27 heavy (non-hydrogen) atoms. The molecule has 0 radical (unpaired) electrons. The minimum Gasteiger partial charge on any atom is -0.507 e.